The molecule has 0 saturated carbocycles. The molecule has 24 heteroatoms. The van der Waals surface area contributed by atoms with Crippen molar-refractivity contribution in [3.63, 3.8) is 0 Å². The molecule has 4 rings (SSSR count). The minimum Gasteiger partial charge on any atom is -0.478 e. The number of aromatic carboxylic acids is 3. The number of imidazole rings is 1. The number of nitrogen functional groups attached to an aromatic ring is 1. The standard InChI is InChI=1S/C9H5F3N2O2.C7H3ClF3NO2.C7H5F3N2O2.C2H3ClO.H3N/c10-9(11,12)5-1-3-14-4-2-13-7(14)6(5)8(15)16;8-5-4(6(13)14)3(1-2-12-5)7(9,10)11;8-7(9,10)3-1-2-12-5(11)4(3)6(13)14;3-1-2-4;/h1-4H,(H,15,16);1-2H,(H,13,14);1-2H,(H2,11,12)(H,13,14);2H,1H2;1H3. The molecule has 4 heterocycles. The average Bonchev–Trinajstić information content (AvgIpc) is 3.44. The Kier molecular flexibility index (Phi) is 15.9. The van der Waals surface area contributed by atoms with E-state index in [0.29, 0.717) is 18.4 Å². The van der Waals surface area contributed by atoms with Crippen molar-refractivity contribution < 1.29 is 74.0 Å². The van der Waals surface area contributed by atoms with E-state index in [1.807, 2.05) is 0 Å². The van der Waals surface area contributed by atoms with Gasteiger partial charge in [0.2, 0.25) is 0 Å². The summed E-state index contributed by atoms with van der Waals surface area (Å²) in [5, 5.41) is 25.1. The van der Waals surface area contributed by atoms with Crippen molar-refractivity contribution in [2.24, 2.45) is 0 Å². The van der Waals surface area contributed by atoms with Crippen LogP contribution in [-0.2, 0) is 23.3 Å². The van der Waals surface area contributed by atoms with Crippen LogP contribution in [0.5, 0.6) is 0 Å². The molecule has 0 amide bonds. The zero-order valence-corrected chi connectivity index (χ0v) is 25.1. The zero-order valence-electron chi connectivity index (χ0n) is 23.6. The Balaban J connectivity index is 0.000000663. The Bertz CT molecular complexity index is 1710. The molecule has 0 aromatic carbocycles. The molecule has 0 saturated heterocycles. The Morgan fingerprint density at radius 1 is 0.714 bits per heavy atom. The normalized spacial score (nSPS) is 10.9. The number of carboxylic acid groups (broad SMARTS) is 3. The largest absolute Gasteiger partial charge is 0.478 e. The molecule has 49 heavy (non-hydrogen) atoms. The van der Waals surface area contributed by atoms with Crippen LogP contribution in [-0.4, -0.2) is 64.7 Å². The van der Waals surface area contributed by atoms with Gasteiger partial charge in [0.25, 0.3) is 0 Å². The highest BCUT2D eigenvalue weighted by atomic mass is 35.5. The van der Waals surface area contributed by atoms with Crippen LogP contribution < -0.4 is 11.9 Å². The molecule has 0 fully saturated rings. The first kappa shape index (κ1) is 43.8. The maximum absolute atomic E-state index is 12.5. The number of carboxylic acids is 3. The zero-order chi connectivity index (χ0) is 37.2. The lowest BCUT2D eigenvalue weighted by Gasteiger charge is -2.10. The predicted octanol–water partition coefficient (Wildman–Crippen LogP) is 6.47. The van der Waals surface area contributed by atoms with Gasteiger partial charge in [-0.05, 0) is 18.2 Å². The van der Waals surface area contributed by atoms with E-state index in [4.69, 9.17) is 49.0 Å². The van der Waals surface area contributed by atoms with Gasteiger partial charge in [0.1, 0.15) is 33.9 Å². The number of hydrogen-bond donors (Lipinski definition) is 5. The monoisotopic (exact) mass is 756 g/mol. The Morgan fingerprint density at radius 2 is 1.12 bits per heavy atom. The average molecular weight is 757 g/mol. The third-order valence-electron chi connectivity index (χ3n) is 5.07. The number of nitrogens with zero attached hydrogens (tertiary/aromatic N) is 4. The van der Waals surface area contributed by atoms with Gasteiger partial charge in [0.05, 0.1) is 22.6 Å². The summed E-state index contributed by atoms with van der Waals surface area (Å²) in [5.41, 5.74) is -1.86. The molecule has 0 unspecified atom stereocenters. The quantitative estimate of drug-likeness (QED) is 0.0652. The van der Waals surface area contributed by atoms with Crippen LogP contribution in [0.2, 0.25) is 5.15 Å². The summed E-state index contributed by atoms with van der Waals surface area (Å²) in [6.07, 6.45) is -8.21. The molecule has 0 radical (unpaired) electrons. The lowest BCUT2D eigenvalue weighted by atomic mass is 10.1. The van der Waals surface area contributed by atoms with E-state index in [1.54, 1.807) is 0 Å². The number of hydrogen-bond acceptors (Lipinski definition) is 9. The fourth-order valence-corrected chi connectivity index (χ4v) is 3.49. The number of pyridine rings is 3. The maximum Gasteiger partial charge on any atom is 0.417 e. The van der Waals surface area contributed by atoms with Crippen molar-refractivity contribution in [2.75, 3.05) is 11.6 Å². The van der Waals surface area contributed by atoms with Crippen LogP contribution in [0.4, 0.5) is 45.3 Å². The summed E-state index contributed by atoms with van der Waals surface area (Å²) in [6, 6.07) is 1.85. The second kappa shape index (κ2) is 17.8. The molecule has 0 aliphatic carbocycles. The predicted molar refractivity (Wildman–Crippen MR) is 151 cm³/mol. The minimum absolute atomic E-state index is 0. The topological polar surface area (TPSA) is 233 Å². The first-order valence-electron chi connectivity index (χ1n) is 11.8. The Morgan fingerprint density at radius 3 is 1.49 bits per heavy atom. The van der Waals surface area contributed by atoms with E-state index in [2.05, 4.69) is 15.0 Å². The molecule has 4 aromatic rings. The molecule has 268 valence electrons. The summed E-state index contributed by atoms with van der Waals surface area (Å²) < 4.78 is 112. The smallest absolute Gasteiger partial charge is 0.417 e. The third kappa shape index (κ3) is 12.1. The number of carbonyl (C=O) groups is 4. The lowest BCUT2D eigenvalue weighted by Crippen LogP contribution is -2.15. The van der Waals surface area contributed by atoms with Crippen molar-refractivity contribution in [1.82, 2.24) is 25.5 Å². The molecule has 8 N–H and O–H groups in total. The fraction of sp³-hybridized carbons (Fsp3) is 0.160. The number of carbonyl (C=O) groups excluding carboxylic acids is 1. The highest BCUT2D eigenvalue weighted by Gasteiger charge is 2.38. The number of alkyl halides is 10. The SMILES string of the molecule is N.Nc1nccc(C(F)(F)F)c1C(=O)O.O=C(O)c1c(C(F)(F)F)ccn2ccnc12.O=C(O)c1c(C(F)(F)F)ccnc1Cl.O=CCCl. The van der Waals surface area contributed by atoms with Crippen molar-refractivity contribution in [1.29, 1.82) is 0 Å². The first-order chi connectivity index (χ1) is 22.0. The highest BCUT2D eigenvalue weighted by molar-refractivity contribution is 6.32. The molecule has 4 aromatic heterocycles. The summed E-state index contributed by atoms with van der Waals surface area (Å²) in [4.78, 5) is 50.9. The number of anilines is 1. The molecule has 0 bridgehead atoms. The summed E-state index contributed by atoms with van der Waals surface area (Å²) >= 11 is 10.1. The van der Waals surface area contributed by atoms with Gasteiger partial charge in [-0.1, -0.05) is 11.6 Å². The Labute approximate surface area is 276 Å². The molecular formula is C25H19Cl2F9N6O7. The second-order valence-electron chi connectivity index (χ2n) is 8.14. The van der Waals surface area contributed by atoms with Gasteiger partial charge in [-0.15, -0.1) is 11.6 Å². The summed E-state index contributed by atoms with van der Waals surface area (Å²) in [7, 11) is 0. The van der Waals surface area contributed by atoms with Crippen LogP contribution >= 0.6 is 23.2 Å². The number of halogens is 11. The summed E-state index contributed by atoms with van der Waals surface area (Å²) in [5.74, 6) is -5.69. The number of aromatic nitrogens is 4. The second-order valence-corrected chi connectivity index (χ2v) is 8.80. The molecular weight excluding hydrogens is 738 g/mol. The van der Waals surface area contributed by atoms with Gasteiger partial charge in [-0.3, -0.25) is 0 Å². The summed E-state index contributed by atoms with van der Waals surface area (Å²) in [6.45, 7) is 0. The first-order valence-corrected chi connectivity index (χ1v) is 12.7. The van der Waals surface area contributed by atoms with Crippen molar-refractivity contribution >= 4 is 58.9 Å². The molecule has 13 nitrogen and oxygen atoms in total. The Hall–Kier alpha value is -5.22. The number of nitrogens with two attached hydrogens (primary N) is 1. The van der Waals surface area contributed by atoms with Gasteiger partial charge in [-0.2, -0.15) is 39.5 Å². The van der Waals surface area contributed by atoms with Crippen LogP contribution in [0.25, 0.3) is 5.65 Å². The van der Waals surface area contributed by atoms with Gasteiger partial charge in [-0.25, -0.2) is 29.3 Å². The van der Waals surface area contributed by atoms with Crippen molar-refractivity contribution in [2.45, 2.75) is 18.5 Å². The van der Waals surface area contributed by atoms with E-state index in [1.165, 1.54) is 16.8 Å². The lowest BCUT2D eigenvalue weighted by molar-refractivity contribution is -0.138. The van der Waals surface area contributed by atoms with Crippen LogP contribution in [0.3, 0.4) is 0 Å². The van der Waals surface area contributed by atoms with Gasteiger partial charge in [0, 0.05) is 31.0 Å². The van der Waals surface area contributed by atoms with E-state index >= 15 is 0 Å². The maximum atomic E-state index is 12.5. The van der Waals surface area contributed by atoms with Gasteiger partial charge >= 0.3 is 36.4 Å². The van der Waals surface area contributed by atoms with Gasteiger partial charge in [0.15, 0.2) is 5.65 Å². The number of fused-ring (bicyclic) bond motifs is 1. The van der Waals surface area contributed by atoms with Crippen LogP contribution in [0.15, 0.2) is 49.2 Å². The van der Waals surface area contributed by atoms with E-state index in [0.717, 1.165) is 24.7 Å². The van der Waals surface area contributed by atoms with Crippen LogP contribution in [0, 0.1) is 0 Å². The number of rotatable bonds is 4. The minimum atomic E-state index is -4.75. The molecule has 0 spiro atoms. The van der Waals surface area contributed by atoms with E-state index in [-0.39, 0.29) is 17.7 Å². The molecule has 0 atom stereocenters. The molecule has 0 aliphatic rings. The van der Waals surface area contributed by atoms with Gasteiger partial charge < -0.3 is 36.4 Å². The van der Waals surface area contributed by atoms with Crippen molar-refractivity contribution in [3.05, 3.63) is 87.7 Å². The van der Waals surface area contributed by atoms with Crippen LogP contribution in [0.1, 0.15) is 47.8 Å². The fourth-order valence-electron chi connectivity index (χ4n) is 3.25. The molecule has 0 aliphatic heterocycles. The third-order valence-corrected chi connectivity index (χ3v) is 5.48. The van der Waals surface area contributed by atoms with Crippen molar-refractivity contribution in [3.8, 4) is 0 Å². The van der Waals surface area contributed by atoms with E-state index < -0.39 is 80.8 Å². The number of aldehydes is 1. The van der Waals surface area contributed by atoms with E-state index in [9.17, 15) is 53.9 Å². The highest BCUT2D eigenvalue weighted by Crippen LogP contribution is 2.35.